The highest BCUT2D eigenvalue weighted by Crippen LogP contribution is 2.34. The molecule has 2 aromatic rings. The van der Waals surface area contributed by atoms with Crippen LogP contribution in [0.2, 0.25) is 0 Å². The highest BCUT2D eigenvalue weighted by Gasteiger charge is 2.45. The second-order valence-electron chi connectivity index (χ2n) is 5.25. The highest BCUT2D eigenvalue weighted by molar-refractivity contribution is 5.85. The fraction of sp³-hybridized carbons (Fsp3) is 0.462. The van der Waals surface area contributed by atoms with E-state index in [9.17, 15) is 4.79 Å². The van der Waals surface area contributed by atoms with Gasteiger partial charge in [0, 0.05) is 32.1 Å². The molecule has 20 heavy (non-hydrogen) atoms. The maximum atomic E-state index is 11.1. The summed E-state index contributed by atoms with van der Waals surface area (Å²) < 4.78 is 10.3. The van der Waals surface area contributed by atoms with Crippen molar-refractivity contribution in [3.63, 3.8) is 0 Å². The highest BCUT2D eigenvalue weighted by atomic mass is 16.8. The molecule has 2 aliphatic rings. The number of nitrogens with one attached hydrogen (secondary N) is 1. The summed E-state index contributed by atoms with van der Waals surface area (Å²) in [5.74, 6) is 0.903. The smallest absolute Gasteiger partial charge is 0.430 e. The van der Waals surface area contributed by atoms with Gasteiger partial charge in [-0.1, -0.05) is 0 Å². The minimum Gasteiger partial charge on any atom is -0.430 e. The lowest BCUT2D eigenvalue weighted by Crippen LogP contribution is -2.46. The zero-order valence-corrected chi connectivity index (χ0v) is 10.8. The molecule has 0 amide bonds. The Morgan fingerprint density at radius 2 is 2.15 bits per heavy atom. The number of anilines is 1. The van der Waals surface area contributed by atoms with Gasteiger partial charge in [0.1, 0.15) is 18.5 Å². The Bertz CT molecular complexity index is 660. The standard InChI is InChI=1S/C13H14N4O3/c18-12-19-7-13(20-12)2-5-17(6-3-13)11-10-9(1-4-14-10)15-8-16-11/h1,4,8,14H,2-3,5-7H2. The Morgan fingerprint density at radius 3 is 2.90 bits per heavy atom. The van der Waals surface area contributed by atoms with Crippen LogP contribution in [0, 0.1) is 0 Å². The number of aromatic nitrogens is 3. The molecule has 0 atom stereocenters. The van der Waals surface area contributed by atoms with Crippen molar-refractivity contribution in [3.05, 3.63) is 18.6 Å². The second kappa shape index (κ2) is 4.09. The quantitative estimate of drug-likeness (QED) is 0.793. The first-order chi connectivity index (χ1) is 9.76. The SMILES string of the molecule is O=C1OCC2(CCN(c3ncnc4cc[nH]c34)CC2)O1. The zero-order chi connectivity index (χ0) is 13.6. The molecule has 0 saturated carbocycles. The van der Waals surface area contributed by atoms with E-state index in [4.69, 9.17) is 9.47 Å². The molecule has 2 saturated heterocycles. The van der Waals surface area contributed by atoms with Crippen LogP contribution in [0.25, 0.3) is 11.0 Å². The molecule has 1 spiro atoms. The van der Waals surface area contributed by atoms with Crippen molar-refractivity contribution in [3.8, 4) is 0 Å². The average molecular weight is 274 g/mol. The number of H-pyrrole nitrogens is 1. The maximum Gasteiger partial charge on any atom is 0.509 e. The number of hydrogen-bond donors (Lipinski definition) is 1. The van der Waals surface area contributed by atoms with Gasteiger partial charge in [-0.3, -0.25) is 0 Å². The molecule has 2 aliphatic heterocycles. The number of aromatic amines is 1. The van der Waals surface area contributed by atoms with Crippen LogP contribution >= 0.6 is 0 Å². The van der Waals surface area contributed by atoms with Gasteiger partial charge in [0.2, 0.25) is 0 Å². The van der Waals surface area contributed by atoms with E-state index in [0.29, 0.717) is 6.61 Å². The Morgan fingerprint density at radius 1 is 1.30 bits per heavy atom. The van der Waals surface area contributed by atoms with Crippen LogP contribution in [0.5, 0.6) is 0 Å². The van der Waals surface area contributed by atoms with Gasteiger partial charge in [-0.15, -0.1) is 0 Å². The molecule has 0 unspecified atom stereocenters. The van der Waals surface area contributed by atoms with Crippen molar-refractivity contribution in [1.29, 1.82) is 0 Å². The molecular weight excluding hydrogens is 260 g/mol. The number of carbonyl (C=O) groups excluding carboxylic acids is 1. The fourth-order valence-corrected chi connectivity index (χ4v) is 2.90. The third-order valence-electron chi connectivity index (χ3n) is 4.05. The summed E-state index contributed by atoms with van der Waals surface area (Å²) in [5.41, 5.74) is 1.42. The first-order valence-corrected chi connectivity index (χ1v) is 6.65. The number of rotatable bonds is 1. The molecule has 4 heterocycles. The van der Waals surface area contributed by atoms with Gasteiger partial charge in [-0.2, -0.15) is 0 Å². The lowest BCUT2D eigenvalue weighted by molar-refractivity contribution is 0.0366. The monoisotopic (exact) mass is 274 g/mol. The predicted molar refractivity (Wildman–Crippen MR) is 70.5 cm³/mol. The molecule has 7 nitrogen and oxygen atoms in total. The summed E-state index contributed by atoms with van der Waals surface area (Å²) >= 11 is 0. The van der Waals surface area contributed by atoms with E-state index in [1.165, 1.54) is 0 Å². The lowest BCUT2D eigenvalue weighted by atomic mass is 9.92. The summed E-state index contributed by atoms with van der Waals surface area (Å²) in [6, 6.07) is 1.93. The number of nitrogens with zero attached hydrogens (tertiary/aromatic N) is 3. The molecule has 0 aliphatic carbocycles. The zero-order valence-electron chi connectivity index (χ0n) is 10.8. The van der Waals surface area contributed by atoms with Crippen LogP contribution in [0.3, 0.4) is 0 Å². The van der Waals surface area contributed by atoms with Gasteiger partial charge in [0.25, 0.3) is 0 Å². The van der Waals surface area contributed by atoms with E-state index >= 15 is 0 Å². The Hall–Kier alpha value is -2.31. The fourth-order valence-electron chi connectivity index (χ4n) is 2.90. The molecule has 7 heteroatoms. The van der Waals surface area contributed by atoms with E-state index in [-0.39, 0.29) is 0 Å². The summed E-state index contributed by atoms with van der Waals surface area (Å²) in [4.78, 5) is 25.1. The molecular formula is C13H14N4O3. The number of ether oxygens (including phenoxy) is 2. The van der Waals surface area contributed by atoms with Crippen molar-refractivity contribution >= 4 is 23.0 Å². The van der Waals surface area contributed by atoms with Gasteiger partial charge in [0.05, 0.1) is 5.52 Å². The van der Waals surface area contributed by atoms with Gasteiger partial charge in [-0.05, 0) is 6.07 Å². The predicted octanol–water partition coefficient (Wildman–Crippen LogP) is 1.46. The average Bonchev–Trinajstić information content (AvgIpc) is 3.07. The van der Waals surface area contributed by atoms with Gasteiger partial charge in [0.15, 0.2) is 11.4 Å². The Balaban J connectivity index is 1.57. The molecule has 104 valence electrons. The third kappa shape index (κ3) is 1.70. The van der Waals surface area contributed by atoms with E-state index in [1.54, 1.807) is 6.33 Å². The van der Waals surface area contributed by atoms with Crippen molar-refractivity contribution in [2.24, 2.45) is 0 Å². The normalized spacial score (nSPS) is 21.2. The van der Waals surface area contributed by atoms with Crippen LogP contribution in [0.1, 0.15) is 12.8 Å². The molecule has 2 fully saturated rings. The first-order valence-electron chi connectivity index (χ1n) is 6.65. The maximum absolute atomic E-state index is 11.1. The summed E-state index contributed by atoms with van der Waals surface area (Å²) in [6.07, 6.45) is 4.40. The topological polar surface area (TPSA) is 80.3 Å². The third-order valence-corrected chi connectivity index (χ3v) is 4.05. The number of carbonyl (C=O) groups is 1. The number of fused-ring (bicyclic) bond motifs is 1. The van der Waals surface area contributed by atoms with E-state index < -0.39 is 11.8 Å². The molecule has 4 rings (SSSR count). The van der Waals surface area contributed by atoms with Crippen molar-refractivity contribution in [1.82, 2.24) is 15.0 Å². The minimum atomic E-state index is -0.549. The van der Waals surface area contributed by atoms with E-state index in [2.05, 4.69) is 19.9 Å². The molecule has 2 aromatic heterocycles. The first kappa shape index (κ1) is 11.5. The largest absolute Gasteiger partial charge is 0.509 e. The van der Waals surface area contributed by atoms with Crippen LogP contribution < -0.4 is 4.90 Å². The van der Waals surface area contributed by atoms with Gasteiger partial charge < -0.3 is 19.4 Å². The summed E-state index contributed by atoms with van der Waals surface area (Å²) in [6.45, 7) is 1.92. The van der Waals surface area contributed by atoms with Crippen molar-refractivity contribution < 1.29 is 14.3 Å². The van der Waals surface area contributed by atoms with Crippen molar-refractivity contribution in [2.45, 2.75) is 18.4 Å². The van der Waals surface area contributed by atoms with Crippen molar-refractivity contribution in [2.75, 3.05) is 24.6 Å². The number of piperidine rings is 1. The molecule has 0 radical (unpaired) electrons. The summed E-state index contributed by atoms with van der Waals surface area (Å²) in [7, 11) is 0. The molecule has 1 N–H and O–H groups in total. The van der Waals surface area contributed by atoms with Gasteiger partial charge >= 0.3 is 6.16 Å². The summed E-state index contributed by atoms with van der Waals surface area (Å²) in [5, 5.41) is 0. The molecule has 0 bridgehead atoms. The van der Waals surface area contributed by atoms with Gasteiger partial charge in [-0.25, -0.2) is 14.8 Å². The Labute approximate surface area is 114 Å². The number of cyclic esters (lactones) is 1. The number of hydrogen-bond acceptors (Lipinski definition) is 6. The second-order valence-corrected chi connectivity index (χ2v) is 5.25. The van der Waals surface area contributed by atoms with Crippen LogP contribution in [-0.4, -0.2) is 46.4 Å². The Kier molecular flexibility index (Phi) is 2.35. The van der Waals surface area contributed by atoms with Crippen LogP contribution in [0.4, 0.5) is 10.6 Å². The van der Waals surface area contributed by atoms with Crippen LogP contribution in [-0.2, 0) is 9.47 Å². The lowest BCUT2D eigenvalue weighted by Gasteiger charge is -2.36. The van der Waals surface area contributed by atoms with Crippen LogP contribution in [0.15, 0.2) is 18.6 Å². The van der Waals surface area contributed by atoms with E-state index in [0.717, 1.165) is 42.8 Å². The molecule has 0 aromatic carbocycles. The van der Waals surface area contributed by atoms with E-state index in [1.807, 2.05) is 12.3 Å². The minimum absolute atomic E-state index is 0.362.